The molecule has 6 heteroatoms. The molecule has 0 bridgehead atoms. The van der Waals surface area contributed by atoms with Crippen LogP contribution in [0.5, 0.6) is 0 Å². The topological polar surface area (TPSA) is 45.2 Å². The summed E-state index contributed by atoms with van der Waals surface area (Å²) in [5.74, 6) is 0.0844. The SMILES string of the molecule is Cc1ccnc(NC(=O)CC(c2ccc(F)cc2)N2Cc3ccccc3C2=P)c1. The maximum atomic E-state index is 13.5. The van der Waals surface area contributed by atoms with Crippen molar-refractivity contribution in [3.05, 3.63) is 94.9 Å². The van der Waals surface area contributed by atoms with Crippen LogP contribution in [0.15, 0.2) is 66.9 Å². The highest BCUT2D eigenvalue weighted by atomic mass is 31.0. The standard InChI is InChI=1S/C23H21FN3OP/c1-15-10-11-25-21(12-15)26-22(28)13-20(16-6-8-18(24)9-7-16)27-14-17-4-2-3-5-19(17)23(27)29/h2-12,20,29H,13-14H2,1H3,(H,25,26,28). The minimum Gasteiger partial charge on any atom is -0.311 e. The van der Waals surface area contributed by atoms with Crippen molar-refractivity contribution in [1.29, 1.82) is 0 Å². The molecule has 2 heterocycles. The number of nitrogens with one attached hydrogen (secondary N) is 1. The second-order valence-corrected chi connectivity index (χ2v) is 7.65. The minimum absolute atomic E-state index is 0.146. The van der Waals surface area contributed by atoms with Gasteiger partial charge in [0.2, 0.25) is 5.91 Å². The first kappa shape index (κ1) is 19.4. The number of amides is 1. The van der Waals surface area contributed by atoms with Crippen LogP contribution in [0.1, 0.15) is 34.7 Å². The van der Waals surface area contributed by atoms with E-state index in [4.69, 9.17) is 0 Å². The number of hydrogen-bond donors (Lipinski definition) is 1. The van der Waals surface area contributed by atoms with Crippen molar-refractivity contribution in [2.75, 3.05) is 5.32 Å². The van der Waals surface area contributed by atoms with Gasteiger partial charge in [-0.2, -0.15) is 0 Å². The van der Waals surface area contributed by atoms with E-state index in [1.54, 1.807) is 18.3 Å². The number of carbonyl (C=O) groups is 1. The smallest absolute Gasteiger partial charge is 0.227 e. The zero-order valence-corrected chi connectivity index (χ0v) is 17.0. The molecule has 1 aromatic heterocycles. The molecule has 4 nitrogen and oxygen atoms in total. The molecule has 1 amide bonds. The van der Waals surface area contributed by atoms with Crippen LogP contribution in [0.2, 0.25) is 0 Å². The number of pyridine rings is 1. The number of rotatable bonds is 5. The Morgan fingerprint density at radius 3 is 2.69 bits per heavy atom. The maximum absolute atomic E-state index is 13.5. The van der Waals surface area contributed by atoms with E-state index < -0.39 is 0 Å². The van der Waals surface area contributed by atoms with Gasteiger partial charge in [0.05, 0.1) is 0 Å². The summed E-state index contributed by atoms with van der Waals surface area (Å²) in [4.78, 5) is 19.2. The molecule has 1 aliphatic rings. The van der Waals surface area contributed by atoms with Crippen molar-refractivity contribution < 1.29 is 9.18 Å². The molecule has 1 unspecified atom stereocenters. The lowest BCUT2D eigenvalue weighted by Crippen LogP contribution is -2.31. The minimum atomic E-state index is -0.298. The molecule has 3 aromatic rings. The number of benzene rings is 2. The van der Waals surface area contributed by atoms with Crippen molar-refractivity contribution in [3.8, 4) is 0 Å². The molecule has 4 rings (SSSR count). The Morgan fingerprint density at radius 1 is 1.21 bits per heavy atom. The number of aryl methyl sites for hydroxylation is 1. The highest BCUT2D eigenvalue weighted by molar-refractivity contribution is 7.22. The Kier molecular flexibility index (Phi) is 5.52. The summed E-state index contributed by atoms with van der Waals surface area (Å²) in [6.45, 7) is 2.62. The fraction of sp³-hybridized carbons (Fsp3) is 0.174. The molecule has 146 valence electrons. The number of fused-ring (bicyclic) bond motifs is 1. The average molecular weight is 405 g/mol. The van der Waals surface area contributed by atoms with Gasteiger partial charge in [-0.05, 0) is 47.9 Å². The van der Waals surface area contributed by atoms with Crippen molar-refractivity contribution >= 4 is 26.0 Å². The first-order valence-electron chi connectivity index (χ1n) is 9.43. The van der Waals surface area contributed by atoms with Crippen molar-refractivity contribution in [1.82, 2.24) is 9.88 Å². The molecule has 0 aliphatic carbocycles. The lowest BCUT2D eigenvalue weighted by atomic mass is 10.0. The lowest BCUT2D eigenvalue weighted by Gasteiger charge is -2.28. The number of aromatic nitrogens is 1. The van der Waals surface area contributed by atoms with Crippen LogP contribution in [0.3, 0.4) is 0 Å². The van der Waals surface area contributed by atoms with Gasteiger partial charge in [0.25, 0.3) is 0 Å². The highest BCUT2D eigenvalue weighted by Crippen LogP contribution is 2.34. The van der Waals surface area contributed by atoms with E-state index in [1.807, 2.05) is 31.2 Å². The summed E-state index contributed by atoms with van der Waals surface area (Å²) in [5.41, 5.74) is 5.12. The Morgan fingerprint density at radius 2 is 1.97 bits per heavy atom. The van der Waals surface area contributed by atoms with E-state index in [0.717, 1.165) is 22.1 Å². The predicted molar refractivity (Wildman–Crippen MR) is 116 cm³/mol. The van der Waals surface area contributed by atoms with Gasteiger partial charge in [-0.15, -0.1) is 8.86 Å². The summed E-state index contributed by atoms with van der Waals surface area (Å²) in [6.07, 6.45) is 1.88. The van der Waals surface area contributed by atoms with E-state index in [2.05, 4.69) is 36.2 Å². The quantitative estimate of drug-likeness (QED) is 0.624. The molecule has 1 N–H and O–H groups in total. The Hall–Kier alpha value is -2.88. The fourth-order valence-electron chi connectivity index (χ4n) is 3.64. The maximum Gasteiger partial charge on any atom is 0.227 e. The zero-order valence-electron chi connectivity index (χ0n) is 16.0. The molecule has 2 aromatic carbocycles. The molecule has 0 radical (unpaired) electrons. The van der Waals surface area contributed by atoms with Crippen molar-refractivity contribution in [2.24, 2.45) is 0 Å². The van der Waals surface area contributed by atoms with Crippen LogP contribution in [0.4, 0.5) is 10.2 Å². The van der Waals surface area contributed by atoms with E-state index in [1.165, 1.54) is 17.7 Å². The van der Waals surface area contributed by atoms with Crippen LogP contribution < -0.4 is 5.32 Å². The Balaban J connectivity index is 1.60. The van der Waals surface area contributed by atoms with Gasteiger partial charge in [-0.25, -0.2) is 9.37 Å². The molecular weight excluding hydrogens is 384 g/mol. The molecule has 0 saturated heterocycles. The number of anilines is 1. The van der Waals surface area contributed by atoms with Crippen LogP contribution in [-0.2, 0) is 11.3 Å². The second kappa shape index (κ2) is 8.24. The summed E-state index contributed by atoms with van der Waals surface area (Å²) >= 11 is 0. The number of hydrogen-bond acceptors (Lipinski definition) is 2. The van der Waals surface area contributed by atoms with Gasteiger partial charge >= 0.3 is 0 Å². The van der Waals surface area contributed by atoms with Gasteiger partial charge in [0, 0.05) is 36.2 Å². The Labute approximate surface area is 171 Å². The van der Waals surface area contributed by atoms with Crippen LogP contribution >= 0.6 is 8.86 Å². The molecular formula is C23H21FN3OP. The fourth-order valence-corrected chi connectivity index (χ4v) is 4.12. The van der Waals surface area contributed by atoms with Crippen LogP contribution in [0.25, 0.3) is 0 Å². The van der Waals surface area contributed by atoms with Gasteiger partial charge < -0.3 is 5.32 Å². The van der Waals surface area contributed by atoms with E-state index in [0.29, 0.717) is 12.4 Å². The lowest BCUT2D eigenvalue weighted by molar-refractivity contribution is -0.117. The zero-order chi connectivity index (χ0) is 20.4. The van der Waals surface area contributed by atoms with Crippen molar-refractivity contribution in [2.45, 2.75) is 25.9 Å². The molecule has 0 fully saturated rings. The number of halogens is 1. The van der Waals surface area contributed by atoms with Gasteiger partial charge in [-0.3, -0.25) is 9.69 Å². The van der Waals surface area contributed by atoms with Crippen LogP contribution in [-0.4, -0.2) is 21.2 Å². The summed E-state index contributed by atoms with van der Waals surface area (Å²) < 4.78 is 13.5. The number of carbonyl (C=O) groups excluding carboxylic acids is 1. The first-order valence-corrected chi connectivity index (χ1v) is 9.93. The van der Waals surface area contributed by atoms with Gasteiger partial charge in [-0.1, -0.05) is 36.4 Å². The third-order valence-electron chi connectivity index (χ3n) is 5.09. The highest BCUT2D eigenvalue weighted by Gasteiger charge is 2.32. The normalized spacial score (nSPS) is 14.5. The first-order chi connectivity index (χ1) is 14.0. The molecule has 0 saturated carbocycles. The summed E-state index contributed by atoms with van der Waals surface area (Å²) in [7, 11) is 3.77. The average Bonchev–Trinajstić information content (AvgIpc) is 3.04. The monoisotopic (exact) mass is 405 g/mol. The molecule has 29 heavy (non-hydrogen) atoms. The van der Waals surface area contributed by atoms with Crippen molar-refractivity contribution in [3.63, 3.8) is 0 Å². The number of nitrogens with zero attached hydrogens (tertiary/aromatic N) is 2. The molecule has 1 atom stereocenters. The second-order valence-electron chi connectivity index (χ2n) is 7.17. The predicted octanol–water partition coefficient (Wildman–Crippen LogP) is 4.74. The summed E-state index contributed by atoms with van der Waals surface area (Å²) in [6, 6.07) is 17.9. The largest absolute Gasteiger partial charge is 0.311 e. The van der Waals surface area contributed by atoms with Crippen LogP contribution in [0, 0.1) is 12.7 Å². The molecule has 0 spiro atoms. The molecule has 1 aliphatic heterocycles. The summed E-state index contributed by atoms with van der Waals surface area (Å²) in [5, 5.41) is 2.88. The van der Waals surface area contributed by atoms with E-state index >= 15 is 0 Å². The van der Waals surface area contributed by atoms with E-state index in [9.17, 15) is 9.18 Å². The Bertz CT molecular complexity index is 1070. The van der Waals surface area contributed by atoms with E-state index in [-0.39, 0.29) is 24.2 Å². The third-order valence-corrected chi connectivity index (χ3v) is 5.65. The third kappa shape index (κ3) is 4.26. The van der Waals surface area contributed by atoms with Gasteiger partial charge in [0.15, 0.2) is 0 Å². The van der Waals surface area contributed by atoms with Gasteiger partial charge in [0.1, 0.15) is 11.6 Å².